The van der Waals surface area contributed by atoms with Gasteiger partial charge in [-0.1, -0.05) is 12.1 Å². The molecular formula is C18H25F3N4O. The minimum Gasteiger partial charge on any atom is -0.357 e. The van der Waals surface area contributed by atoms with Crippen molar-refractivity contribution in [2.24, 2.45) is 10.9 Å². The molecule has 0 radical (unpaired) electrons. The van der Waals surface area contributed by atoms with Crippen molar-refractivity contribution in [1.82, 2.24) is 15.5 Å². The van der Waals surface area contributed by atoms with E-state index in [4.69, 9.17) is 0 Å². The fourth-order valence-corrected chi connectivity index (χ4v) is 2.45. The summed E-state index contributed by atoms with van der Waals surface area (Å²) in [5.41, 5.74) is 0.101. The average molecular weight is 370 g/mol. The Bertz CT molecular complexity index is 624. The summed E-state index contributed by atoms with van der Waals surface area (Å²) < 4.78 is 37.9. The topological polar surface area (TPSA) is 56.7 Å². The maximum absolute atomic E-state index is 12.6. The first-order valence-electron chi connectivity index (χ1n) is 8.74. The maximum Gasteiger partial charge on any atom is 0.416 e. The van der Waals surface area contributed by atoms with E-state index in [1.807, 2.05) is 18.9 Å². The molecule has 144 valence electrons. The Morgan fingerprint density at radius 3 is 2.42 bits per heavy atom. The van der Waals surface area contributed by atoms with Gasteiger partial charge in [0.1, 0.15) is 0 Å². The second-order valence-corrected chi connectivity index (χ2v) is 6.35. The number of halogens is 3. The number of nitrogens with zero attached hydrogens (tertiary/aromatic N) is 2. The lowest BCUT2D eigenvalue weighted by Crippen LogP contribution is -2.39. The van der Waals surface area contributed by atoms with Crippen molar-refractivity contribution in [3.63, 3.8) is 0 Å². The fourth-order valence-electron chi connectivity index (χ4n) is 2.45. The van der Waals surface area contributed by atoms with E-state index in [1.54, 1.807) is 0 Å². The molecule has 1 amide bonds. The van der Waals surface area contributed by atoms with Crippen LogP contribution in [0.5, 0.6) is 0 Å². The average Bonchev–Trinajstić information content (AvgIpc) is 3.42. The molecule has 5 nitrogen and oxygen atoms in total. The first-order chi connectivity index (χ1) is 12.3. The Balaban J connectivity index is 1.88. The van der Waals surface area contributed by atoms with Crippen LogP contribution in [0.15, 0.2) is 29.3 Å². The maximum atomic E-state index is 12.6. The highest BCUT2D eigenvalue weighted by Gasteiger charge is 2.30. The van der Waals surface area contributed by atoms with Gasteiger partial charge in [0, 0.05) is 32.6 Å². The minimum absolute atomic E-state index is 0.0864. The predicted octanol–water partition coefficient (Wildman–Crippen LogP) is 2.63. The molecule has 1 fully saturated rings. The zero-order valence-electron chi connectivity index (χ0n) is 15.1. The van der Waals surface area contributed by atoms with E-state index < -0.39 is 11.7 Å². The van der Waals surface area contributed by atoms with E-state index in [-0.39, 0.29) is 11.8 Å². The standard InChI is InChI=1S/C18H25F3N4O/c1-3-22-17(24-11-10-23-16(26)14-6-7-14)25(2)12-13-4-8-15(9-5-13)18(19,20)21/h4-5,8-9,14H,3,6-7,10-12H2,1-2H3,(H,22,24)(H,23,26). The van der Waals surface area contributed by atoms with Crippen molar-refractivity contribution in [3.05, 3.63) is 35.4 Å². The second kappa shape index (κ2) is 8.91. The molecule has 0 saturated heterocycles. The van der Waals surface area contributed by atoms with Crippen LogP contribution in [-0.2, 0) is 17.5 Å². The van der Waals surface area contributed by atoms with Crippen molar-refractivity contribution in [3.8, 4) is 0 Å². The molecule has 0 aromatic heterocycles. The normalized spacial score (nSPS) is 14.9. The molecule has 0 aliphatic heterocycles. The Morgan fingerprint density at radius 2 is 1.88 bits per heavy atom. The van der Waals surface area contributed by atoms with Gasteiger partial charge in [-0.25, -0.2) is 0 Å². The number of rotatable bonds is 7. The summed E-state index contributed by atoms with van der Waals surface area (Å²) in [6, 6.07) is 5.11. The van der Waals surface area contributed by atoms with Gasteiger partial charge < -0.3 is 15.5 Å². The summed E-state index contributed by atoms with van der Waals surface area (Å²) in [4.78, 5) is 17.9. The lowest BCUT2D eigenvalue weighted by atomic mass is 10.1. The van der Waals surface area contributed by atoms with E-state index >= 15 is 0 Å². The lowest BCUT2D eigenvalue weighted by molar-refractivity contribution is -0.137. The van der Waals surface area contributed by atoms with Crippen LogP contribution in [0.3, 0.4) is 0 Å². The number of guanidine groups is 1. The second-order valence-electron chi connectivity index (χ2n) is 6.35. The highest BCUT2D eigenvalue weighted by atomic mass is 19.4. The molecule has 1 aliphatic rings. The third kappa shape index (κ3) is 6.24. The summed E-state index contributed by atoms with van der Waals surface area (Å²) >= 11 is 0. The number of benzene rings is 1. The Hall–Kier alpha value is -2.25. The van der Waals surface area contributed by atoms with Crippen LogP contribution < -0.4 is 10.6 Å². The van der Waals surface area contributed by atoms with Crippen molar-refractivity contribution in [1.29, 1.82) is 0 Å². The molecule has 2 rings (SSSR count). The number of aliphatic imine (C=N–C) groups is 1. The molecule has 1 saturated carbocycles. The zero-order valence-corrected chi connectivity index (χ0v) is 15.1. The number of carbonyl (C=O) groups is 1. The molecule has 1 aliphatic carbocycles. The van der Waals surface area contributed by atoms with Crippen molar-refractivity contribution >= 4 is 11.9 Å². The highest BCUT2D eigenvalue weighted by Crippen LogP contribution is 2.29. The van der Waals surface area contributed by atoms with Gasteiger partial charge in [0.15, 0.2) is 5.96 Å². The van der Waals surface area contributed by atoms with Crippen LogP contribution >= 0.6 is 0 Å². The van der Waals surface area contributed by atoms with Gasteiger partial charge in [-0.2, -0.15) is 13.2 Å². The largest absolute Gasteiger partial charge is 0.416 e. The summed E-state index contributed by atoms with van der Waals surface area (Å²) in [5, 5.41) is 6.00. The number of amides is 1. The van der Waals surface area contributed by atoms with Gasteiger partial charge >= 0.3 is 6.18 Å². The summed E-state index contributed by atoms with van der Waals surface area (Å²) in [6.45, 7) is 3.95. The van der Waals surface area contributed by atoms with Crippen molar-refractivity contribution in [2.45, 2.75) is 32.5 Å². The summed E-state index contributed by atoms with van der Waals surface area (Å²) in [6.07, 6.45) is -2.40. The van der Waals surface area contributed by atoms with Crippen LogP contribution in [0, 0.1) is 5.92 Å². The van der Waals surface area contributed by atoms with Crippen LogP contribution in [0.4, 0.5) is 13.2 Å². The molecule has 26 heavy (non-hydrogen) atoms. The molecule has 2 N–H and O–H groups in total. The summed E-state index contributed by atoms with van der Waals surface area (Å²) in [7, 11) is 1.82. The molecule has 0 atom stereocenters. The van der Waals surface area contributed by atoms with E-state index in [1.165, 1.54) is 12.1 Å². The highest BCUT2D eigenvalue weighted by molar-refractivity contribution is 5.81. The number of hydrogen-bond acceptors (Lipinski definition) is 2. The molecular weight excluding hydrogens is 345 g/mol. The van der Waals surface area contributed by atoms with Crippen LogP contribution in [0.2, 0.25) is 0 Å². The van der Waals surface area contributed by atoms with Gasteiger partial charge in [-0.15, -0.1) is 0 Å². The van der Waals surface area contributed by atoms with Crippen LogP contribution in [-0.4, -0.2) is 43.4 Å². The molecule has 1 aromatic rings. The van der Waals surface area contributed by atoms with Gasteiger partial charge in [0.25, 0.3) is 0 Å². The minimum atomic E-state index is -4.33. The Morgan fingerprint density at radius 1 is 1.23 bits per heavy atom. The Kier molecular flexibility index (Phi) is 6.88. The number of hydrogen-bond donors (Lipinski definition) is 2. The quantitative estimate of drug-likeness (QED) is 0.441. The van der Waals surface area contributed by atoms with Gasteiger partial charge in [-0.3, -0.25) is 9.79 Å². The van der Waals surface area contributed by atoms with E-state index in [2.05, 4.69) is 15.6 Å². The Labute approximate surface area is 151 Å². The van der Waals surface area contributed by atoms with E-state index in [0.717, 1.165) is 30.5 Å². The number of carbonyl (C=O) groups excluding carboxylic acids is 1. The van der Waals surface area contributed by atoms with Gasteiger partial charge in [-0.05, 0) is 37.5 Å². The van der Waals surface area contributed by atoms with Crippen molar-refractivity contribution in [2.75, 3.05) is 26.7 Å². The van der Waals surface area contributed by atoms with E-state index in [9.17, 15) is 18.0 Å². The first kappa shape index (κ1) is 20.1. The molecule has 8 heteroatoms. The molecule has 0 spiro atoms. The van der Waals surface area contributed by atoms with Gasteiger partial charge in [0.05, 0.1) is 12.1 Å². The predicted molar refractivity (Wildman–Crippen MR) is 94.6 cm³/mol. The third-order valence-electron chi connectivity index (χ3n) is 4.02. The number of nitrogens with one attached hydrogen (secondary N) is 2. The zero-order chi connectivity index (χ0) is 19.2. The molecule has 0 heterocycles. The molecule has 0 unspecified atom stereocenters. The SMILES string of the molecule is CCNC(=NCCNC(=O)C1CC1)N(C)Cc1ccc(C(F)(F)F)cc1. The van der Waals surface area contributed by atoms with Crippen LogP contribution in [0.25, 0.3) is 0 Å². The van der Waals surface area contributed by atoms with Crippen molar-refractivity contribution < 1.29 is 18.0 Å². The van der Waals surface area contributed by atoms with Crippen LogP contribution in [0.1, 0.15) is 30.9 Å². The van der Waals surface area contributed by atoms with E-state index in [0.29, 0.717) is 32.1 Å². The lowest BCUT2D eigenvalue weighted by Gasteiger charge is -2.22. The number of alkyl halides is 3. The monoisotopic (exact) mass is 370 g/mol. The first-order valence-corrected chi connectivity index (χ1v) is 8.74. The third-order valence-corrected chi connectivity index (χ3v) is 4.02. The fraction of sp³-hybridized carbons (Fsp3) is 0.556. The molecule has 0 bridgehead atoms. The molecule has 1 aromatic carbocycles. The smallest absolute Gasteiger partial charge is 0.357 e. The summed E-state index contributed by atoms with van der Waals surface area (Å²) in [5.74, 6) is 0.908. The van der Waals surface area contributed by atoms with Gasteiger partial charge in [0.2, 0.25) is 5.91 Å².